The van der Waals surface area contributed by atoms with E-state index in [4.69, 9.17) is 4.98 Å². The number of carbonyl (C=O) groups is 1. The first kappa shape index (κ1) is 21.5. The fourth-order valence-electron chi connectivity index (χ4n) is 4.64. The van der Waals surface area contributed by atoms with Crippen molar-refractivity contribution in [2.24, 2.45) is 5.41 Å². The number of halogens is 2. The van der Waals surface area contributed by atoms with Crippen LogP contribution in [0.15, 0.2) is 24.4 Å². The molecule has 1 aromatic heterocycles. The molecule has 166 valence electrons. The molecule has 1 atom stereocenters. The van der Waals surface area contributed by atoms with Crippen molar-refractivity contribution in [2.75, 3.05) is 28.7 Å². The van der Waals surface area contributed by atoms with Crippen LogP contribution in [0, 0.1) is 17.0 Å². The first-order valence-electron chi connectivity index (χ1n) is 10.8. The molecule has 1 fully saturated rings. The van der Waals surface area contributed by atoms with Crippen molar-refractivity contribution in [1.82, 2.24) is 9.97 Å². The minimum absolute atomic E-state index is 0.0298. The zero-order valence-corrected chi connectivity index (χ0v) is 18.5. The average molecular weight is 430 g/mol. The van der Waals surface area contributed by atoms with Gasteiger partial charge in [-0.15, -0.1) is 0 Å². The van der Waals surface area contributed by atoms with Crippen molar-refractivity contribution in [1.29, 1.82) is 0 Å². The Kier molecular flexibility index (Phi) is 5.58. The Morgan fingerprint density at radius 3 is 2.45 bits per heavy atom. The van der Waals surface area contributed by atoms with E-state index < -0.39 is 23.1 Å². The number of aromatic nitrogens is 2. The predicted octanol–water partition coefficient (Wildman–Crippen LogP) is 4.68. The minimum Gasteiger partial charge on any atom is -0.351 e. The number of hydrogen-bond acceptors (Lipinski definition) is 5. The molecule has 4 rings (SSSR count). The second kappa shape index (κ2) is 8.05. The van der Waals surface area contributed by atoms with Gasteiger partial charge in [-0.3, -0.25) is 4.79 Å². The molecule has 0 bridgehead atoms. The SMILES string of the molecule is C[C@H](Nc1ncc2c(n1)N(C1CCCC1)CC(C)(C)C(=O)N2C)c1cc(F)cc(F)c1. The van der Waals surface area contributed by atoms with E-state index in [9.17, 15) is 13.6 Å². The van der Waals surface area contributed by atoms with Crippen molar-refractivity contribution >= 4 is 23.4 Å². The molecule has 1 amide bonds. The molecular formula is C23H29F2N5O. The number of amides is 1. The fourth-order valence-corrected chi connectivity index (χ4v) is 4.64. The van der Waals surface area contributed by atoms with Gasteiger partial charge in [0, 0.05) is 25.7 Å². The maximum Gasteiger partial charge on any atom is 0.234 e. The summed E-state index contributed by atoms with van der Waals surface area (Å²) in [6, 6.07) is 3.37. The molecule has 1 aromatic carbocycles. The maximum atomic E-state index is 13.6. The van der Waals surface area contributed by atoms with E-state index in [1.165, 1.54) is 25.0 Å². The van der Waals surface area contributed by atoms with Crippen LogP contribution in [0.25, 0.3) is 0 Å². The van der Waals surface area contributed by atoms with Gasteiger partial charge in [-0.2, -0.15) is 4.98 Å². The number of hydrogen-bond donors (Lipinski definition) is 1. The highest BCUT2D eigenvalue weighted by molar-refractivity contribution is 6.00. The van der Waals surface area contributed by atoms with Gasteiger partial charge < -0.3 is 15.1 Å². The topological polar surface area (TPSA) is 61.4 Å². The van der Waals surface area contributed by atoms with Crippen molar-refractivity contribution in [3.8, 4) is 0 Å². The van der Waals surface area contributed by atoms with E-state index in [1.54, 1.807) is 25.1 Å². The predicted molar refractivity (Wildman–Crippen MR) is 117 cm³/mol. The molecule has 6 nitrogen and oxygen atoms in total. The molecule has 8 heteroatoms. The van der Waals surface area contributed by atoms with Crippen LogP contribution in [0.1, 0.15) is 58.1 Å². The Labute approximate surface area is 181 Å². The molecular weight excluding hydrogens is 400 g/mol. The van der Waals surface area contributed by atoms with Crippen LogP contribution in [-0.4, -0.2) is 35.5 Å². The molecule has 1 N–H and O–H groups in total. The highest BCUT2D eigenvalue weighted by Crippen LogP contribution is 2.40. The number of nitrogens with one attached hydrogen (secondary N) is 1. The molecule has 2 aromatic rings. The smallest absolute Gasteiger partial charge is 0.234 e. The summed E-state index contributed by atoms with van der Waals surface area (Å²) in [7, 11) is 1.76. The Bertz CT molecular complexity index is 970. The molecule has 0 saturated heterocycles. The van der Waals surface area contributed by atoms with E-state index in [1.807, 2.05) is 13.8 Å². The van der Waals surface area contributed by atoms with Crippen LogP contribution in [0.5, 0.6) is 0 Å². The molecule has 0 unspecified atom stereocenters. The van der Waals surface area contributed by atoms with Gasteiger partial charge in [0.05, 0.1) is 17.7 Å². The molecule has 0 spiro atoms. The second-order valence-corrected chi connectivity index (χ2v) is 9.29. The lowest BCUT2D eigenvalue weighted by Crippen LogP contribution is -2.45. The number of fused-ring (bicyclic) bond motifs is 1. The van der Waals surface area contributed by atoms with Crippen LogP contribution in [-0.2, 0) is 4.79 Å². The summed E-state index contributed by atoms with van der Waals surface area (Å²) >= 11 is 0. The van der Waals surface area contributed by atoms with Gasteiger partial charge in [0.2, 0.25) is 11.9 Å². The second-order valence-electron chi connectivity index (χ2n) is 9.29. The lowest BCUT2D eigenvalue weighted by Gasteiger charge is -2.34. The Morgan fingerprint density at radius 1 is 1.16 bits per heavy atom. The molecule has 1 saturated carbocycles. The lowest BCUT2D eigenvalue weighted by molar-refractivity contribution is -0.125. The van der Waals surface area contributed by atoms with E-state index in [0.717, 1.165) is 24.7 Å². The summed E-state index contributed by atoms with van der Waals surface area (Å²) in [5, 5.41) is 3.16. The maximum absolute atomic E-state index is 13.6. The molecule has 0 radical (unpaired) electrons. The highest BCUT2D eigenvalue weighted by Gasteiger charge is 2.41. The summed E-state index contributed by atoms with van der Waals surface area (Å²) in [5.41, 5.74) is 0.590. The van der Waals surface area contributed by atoms with Crippen molar-refractivity contribution in [2.45, 2.75) is 58.5 Å². The van der Waals surface area contributed by atoms with Crippen molar-refractivity contribution in [3.05, 3.63) is 41.6 Å². The molecule has 2 heterocycles. The van der Waals surface area contributed by atoms with Crippen LogP contribution < -0.4 is 15.1 Å². The normalized spacial score (nSPS) is 19.9. The van der Waals surface area contributed by atoms with E-state index in [2.05, 4.69) is 15.2 Å². The average Bonchev–Trinajstić information content (AvgIpc) is 3.22. The fraction of sp³-hybridized carbons (Fsp3) is 0.522. The summed E-state index contributed by atoms with van der Waals surface area (Å²) in [6.07, 6.45) is 6.13. The summed E-state index contributed by atoms with van der Waals surface area (Å²) < 4.78 is 27.3. The van der Waals surface area contributed by atoms with Crippen LogP contribution in [0.2, 0.25) is 0 Å². The first-order valence-corrected chi connectivity index (χ1v) is 10.8. The molecule has 2 aliphatic rings. The van der Waals surface area contributed by atoms with Crippen molar-refractivity contribution < 1.29 is 13.6 Å². The molecule has 1 aliphatic heterocycles. The number of nitrogens with zero attached hydrogens (tertiary/aromatic N) is 4. The van der Waals surface area contributed by atoms with Crippen LogP contribution >= 0.6 is 0 Å². The summed E-state index contributed by atoms with van der Waals surface area (Å²) in [5.74, 6) is -0.132. The van der Waals surface area contributed by atoms with Crippen LogP contribution in [0.4, 0.5) is 26.2 Å². The molecule has 31 heavy (non-hydrogen) atoms. The van der Waals surface area contributed by atoms with Crippen molar-refractivity contribution in [3.63, 3.8) is 0 Å². The number of benzene rings is 1. The standard InChI is InChI=1S/C23H29F2N5O/c1-14(15-9-16(24)11-17(25)10-15)27-22-26-12-19-20(28-22)30(18-7-5-6-8-18)13-23(2,3)21(31)29(19)4/h9-12,14,18H,5-8,13H2,1-4H3,(H,26,27,28)/t14-/m0/s1. The van der Waals surface area contributed by atoms with E-state index in [0.29, 0.717) is 29.8 Å². The quantitative estimate of drug-likeness (QED) is 0.765. The first-order chi connectivity index (χ1) is 14.7. The number of rotatable bonds is 4. The van der Waals surface area contributed by atoms with Gasteiger partial charge in [-0.05, 0) is 51.3 Å². The lowest BCUT2D eigenvalue weighted by atomic mass is 9.91. The third-order valence-corrected chi connectivity index (χ3v) is 6.33. The van der Waals surface area contributed by atoms with Gasteiger partial charge in [0.1, 0.15) is 17.3 Å². The van der Waals surface area contributed by atoms with Gasteiger partial charge in [0.25, 0.3) is 0 Å². The van der Waals surface area contributed by atoms with Gasteiger partial charge in [0.15, 0.2) is 5.82 Å². The third-order valence-electron chi connectivity index (χ3n) is 6.33. The number of anilines is 3. The number of carbonyl (C=O) groups excluding carboxylic acids is 1. The van der Waals surface area contributed by atoms with Gasteiger partial charge in [-0.25, -0.2) is 13.8 Å². The van der Waals surface area contributed by atoms with E-state index >= 15 is 0 Å². The summed E-state index contributed by atoms with van der Waals surface area (Å²) in [6.45, 7) is 6.31. The van der Waals surface area contributed by atoms with Gasteiger partial charge in [-0.1, -0.05) is 12.8 Å². The Balaban J connectivity index is 1.70. The van der Waals surface area contributed by atoms with Gasteiger partial charge >= 0.3 is 0 Å². The largest absolute Gasteiger partial charge is 0.351 e. The monoisotopic (exact) mass is 429 g/mol. The zero-order chi connectivity index (χ0) is 22.3. The van der Waals surface area contributed by atoms with Crippen LogP contribution in [0.3, 0.4) is 0 Å². The van der Waals surface area contributed by atoms with E-state index in [-0.39, 0.29) is 5.91 Å². The highest BCUT2D eigenvalue weighted by atomic mass is 19.1. The third kappa shape index (κ3) is 4.20. The zero-order valence-electron chi connectivity index (χ0n) is 18.5. The Hall–Kier alpha value is -2.77. The minimum atomic E-state index is -0.624. The summed E-state index contributed by atoms with van der Waals surface area (Å²) in [4.78, 5) is 26.1. The Morgan fingerprint density at radius 2 is 1.81 bits per heavy atom. The molecule has 1 aliphatic carbocycles.